The number of carbonyl (C=O) groups is 2. The first-order valence-electron chi connectivity index (χ1n) is 19.7. The second kappa shape index (κ2) is 25.6. The van der Waals surface area contributed by atoms with Gasteiger partial charge in [0.1, 0.15) is 11.5 Å². The fourth-order valence-electron chi connectivity index (χ4n) is 6.04. The van der Waals surface area contributed by atoms with Gasteiger partial charge in [-0.15, -0.1) is 0 Å². The minimum absolute atomic E-state index is 0.0219. The number of aliphatic imine (C=N–C) groups is 1. The maximum Gasteiger partial charge on any atom is 0.322 e. The van der Waals surface area contributed by atoms with Crippen molar-refractivity contribution in [1.82, 2.24) is 25.1 Å². The quantitative estimate of drug-likeness (QED) is 0.105. The van der Waals surface area contributed by atoms with Gasteiger partial charge in [-0.05, 0) is 93.5 Å². The highest BCUT2D eigenvalue weighted by molar-refractivity contribution is 7.99. The van der Waals surface area contributed by atoms with E-state index in [0.29, 0.717) is 11.8 Å². The number of thioether (sulfide) groups is 1. The number of aromatic amines is 1. The Labute approximate surface area is 339 Å². The van der Waals surface area contributed by atoms with Crippen LogP contribution in [0.4, 0.5) is 21.0 Å². The molecule has 2 aliphatic heterocycles. The van der Waals surface area contributed by atoms with Crippen molar-refractivity contribution in [3.63, 3.8) is 0 Å². The number of nitrogens with one attached hydrogen (secondary N) is 4. The van der Waals surface area contributed by atoms with Gasteiger partial charge in [-0.1, -0.05) is 88.6 Å². The Hall–Kier alpha value is -5.47. The number of H-pyrrole nitrogens is 1. The van der Waals surface area contributed by atoms with E-state index >= 15 is 0 Å². The highest BCUT2D eigenvalue weighted by Crippen LogP contribution is 2.28. The van der Waals surface area contributed by atoms with Gasteiger partial charge in [0.25, 0.3) is 0 Å². The summed E-state index contributed by atoms with van der Waals surface area (Å²) in [6, 6.07) is 27.1. The highest BCUT2D eigenvalue weighted by Gasteiger charge is 2.34. The number of carbonyl (C=O) groups excluding carboxylic acids is 2. The van der Waals surface area contributed by atoms with Crippen LogP contribution in [0.5, 0.6) is 0 Å². The van der Waals surface area contributed by atoms with Crippen molar-refractivity contribution < 1.29 is 9.59 Å². The van der Waals surface area contributed by atoms with E-state index < -0.39 is 0 Å². The number of urea groups is 2. The Balaban J connectivity index is 0.000000365. The van der Waals surface area contributed by atoms with Crippen LogP contribution in [0.1, 0.15) is 82.4 Å². The number of hydrogen-bond donors (Lipinski definition) is 4. The van der Waals surface area contributed by atoms with Gasteiger partial charge in [0.15, 0.2) is 0 Å². The third-order valence-corrected chi connectivity index (χ3v) is 9.84. The molecule has 10 nitrogen and oxygen atoms in total. The highest BCUT2D eigenvalue weighted by atomic mass is 32.2. The van der Waals surface area contributed by atoms with Crippen LogP contribution >= 0.6 is 11.8 Å². The standard InChI is InChI=1S/C29H32N6OS.C11H14N2O.C3H8.C2H6/c1-21-31-18-25(33-21)16-13-22-11-14-23(15-12-22)26(19-30-2)32-20-27-28(37-3)10-7-17-35(27)29(36)34-24-8-5-4-6-9-24;14-11(13-8-4-5-9-13)12-10-6-2-1-3-7-10;1-3-2;1-2/h4-6,8-9,11-12,14-15,18-19,27-28,32H,2,7,10,17,20H2,1,3H3,(H,31,33)(H,34,36);1-3,6-7H,4-5,8-9H2,(H,12,14);3H2,1-2H3;1-2H3/b26-19-;;;/t27-,28?;;;/m1.../s1. The molecule has 1 aromatic heterocycles. The molecule has 4 N–H and O–H groups in total. The van der Waals surface area contributed by atoms with Crippen LogP contribution in [-0.4, -0.2) is 82.3 Å². The lowest BCUT2D eigenvalue weighted by Crippen LogP contribution is -2.55. The number of imidazole rings is 1. The van der Waals surface area contributed by atoms with Gasteiger partial charge >= 0.3 is 12.1 Å². The molecule has 3 heterocycles. The Kier molecular flexibility index (Phi) is 20.5. The van der Waals surface area contributed by atoms with Crippen LogP contribution in [0, 0.1) is 18.8 Å². The summed E-state index contributed by atoms with van der Waals surface area (Å²) in [7, 11) is 0. The van der Waals surface area contributed by atoms with E-state index in [4.69, 9.17) is 0 Å². The molecule has 2 aliphatic rings. The van der Waals surface area contributed by atoms with Gasteiger partial charge in [-0.2, -0.15) is 11.8 Å². The molecule has 2 saturated heterocycles. The van der Waals surface area contributed by atoms with Crippen molar-refractivity contribution in [2.24, 2.45) is 4.99 Å². The number of rotatable bonds is 8. The van der Waals surface area contributed by atoms with Gasteiger partial charge in [-0.25, -0.2) is 14.6 Å². The van der Waals surface area contributed by atoms with E-state index in [1.165, 1.54) is 6.42 Å². The zero-order chi connectivity index (χ0) is 40.5. The fraction of sp³-hybridized carbons (Fsp3) is 0.378. The molecule has 1 unspecified atom stereocenters. The van der Waals surface area contributed by atoms with E-state index in [-0.39, 0.29) is 18.1 Å². The molecule has 2 atom stereocenters. The monoisotopic (exact) mass is 776 g/mol. The van der Waals surface area contributed by atoms with E-state index in [9.17, 15) is 9.59 Å². The number of likely N-dealkylation sites (tertiary alicyclic amines) is 2. The molecule has 298 valence electrons. The summed E-state index contributed by atoms with van der Waals surface area (Å²) in [5.74, 6) is 7.10. The van der Waals surface area contributed by atoms with Crippen LogP contribution in [-0.2, 0) is 0 Å². The summed E-state index contributed by atoms with van der Waals surface area (Å²) < 4.78 is 0. The summed E-state index contributed by atoms with van der Waals surface area (Å²) >= 11 is 1.81. The van der Waals surface area contributed by atoms with Crippen LogP contribution in [0.3, 0.4) is 0 Å². The zero-order valence-electron chi connectivity index (χ0n) is 34.0. The second-order valence-electron chi connectivity index (χ2n) is 13.0. The van der Waals surface area contributed by atoms with Gasteiger partial charge < -0.3 is 30.7 Å². The van der Waals surface area contributed by atoms with Gasteiger partial charge in [0.2, 0.25) is 0 Å². The number of benzene rings is 3. The Bertz CT molecular complexity index is 1830. The maximum atomic E-state index is 13.2. The van der Waals surface area contributed by atoms with Gasteiger partial charge in [-0.3, -0.25) is 4.99 Å². The number of nitrogens with zero attached hydrogens (tertiary/aromatic N) is 4. The molecule has 56 heavy (non-hydrogen) atoms. The van der Waals surface area contributed by atoms with Crippen molar-refractivity contribution in [2.75, 3.05) is 43.1 Å². The van der Waals surface area contributed by atoms with Gasteiger partial charge in [0.05, 0.1) is 17.9 Å². The van der Waals surface area contributed by atoms with Crippen LogP contribution < -0.4 is 16.0 Å². The number of piperidine rings is 1. The summed E-state index contributed by atoms with van der Waals surface area (Å²) in [6.07, 6.45) is 11.1. The normalized spacial score (nSPS) is 15.9. The lowest BCUT2D eigenvalue weighted by Gasteiger charge is -2.41. The smallest absolute Gasteiger partial charge is 0.322 e. The molecular weight excluding hydrogens is 717 g/mol. The van der Waals surface area contributed by atoms with Crippen molar-refractivity contribution in [3.8, 4) is 11.8 Å². The largest absolute Gasteiger partial charge is 0.381 e. The topological polar surface area (TPSA) is 118 Å². The van der Waals surface area contributed by atoms with E-state index in [0.717, 1.165) is 85.0 Å². The molecule has 0 spiro atoms. The molecule has 3 aromatic carbocycles. The number of hydrogen-bond acceptors (Lipinski definition) is 6. The molecule has 6 rings (SSSR count). The van der Waals surface area contributed by atoms with Crippen molar-refractivity contribution in [1.29, 1.82) is 0 Å². The molecular formula is C45H60N8O2S. The predicted octanol–water partition coefficient (Wildman–Crippen LogP) is 9.89. The van der Waals surface area contributed by atoms with E-state index in [1.807, 2.05) is 127 Å². The number of aromatic nitrogens is 2. The average molecular weight is 777 g/mol. The Morgan fingerprint density at radius 3 is 2.02 bits per heavy atom. The Morgan fingerprint density at radius 1 is 0.893 bits per heavy atom. The average Bonchev–Trinajstić information content (AvgIpc) is 3.93. The minimum Gasteiger partial charge on any atom is -0.381 e. The first kappa shape index (κ1) is 44.9. The molecule has 4 amide bonds. The molecule has 2 fully saturated rings. The van der Waals surface area contributed by atoms with Gasteiger partial charge in [0, 0.05) is 54.6 Å². The lowest BCUT2D eigenvalue weighted by atomic mass is 10.0. The molecule has 11 heteroatoms. The van der Waals surface area contributed by atoms with Crippen molar-refractivity contribution in [3.05, 3.63) is 120 Å². The molecule has 0 saturated carbocycles. The molecule has 0 aliphatic carbocycles. The predicted molar refractivity (Wildman–Crippen MR) is 237 cm³/mol. The minimum atomic E-state index is -0.0699. The molecule has 4 aromatic rings. The summed E-state index contributed by atoms with van der Waals surface area (Å²) in [6.45, 7) is 16.9. The third kappa shape index (κ3) is 15.0. The summed E-state index contributed by atoms with van der Waals surface area (Å²) in [5.41, 5.74) is 5.19. The summed E-state index contributed by atoms with van der Waals surface area (Å²) in [5, 5.41) is 9.80. The first-order valence-corrected chi connectivity index (χ1v) is 20.9. The number of para-hydroxylation sites is 2. The molecule has 0 radical (unpaired) electrons. The van der Waals surface area contributed by atoms with Crippen molar-refractivity contribution in [2.45, 2.75) is 78.0 Å². The summed E-state index contributed by atoms with van der Waals surface area (Å²) in [4.78, 5) is 39.9. The zero-order valence-corrected chi connectivity index (χ0v) is 34.8. The fourth-order valence-corrected chi connectivity index (χ4v) is 7.00. The maximum absolute atomic E-state index is 13.2. The second-order valence-corrected chi connectivity index (χ2v) is 14.1. The SMILES string of the molecule is C=N/C=C(\NC[C@@H]1C(SC)CCCN1C(=O)Nc1ccccc1)c1ccc(C#Cc2cnc(C)[nH]2)cc1.CC.CCC.O=C(Nc1ccccc1)N1CCCC1. The Morgan fingerprint density at radius 2 is 1.48 bits per heavy atom. The van der Waals surface area contributed by atoms with E-state index in [2.05, 4.69) is 69.6 Å². The van der Waals surface area contributed by atoms with Crippen LogP contribution in [0.25, 0.3) is 5.70 Å². The van der Waals surface area contributed by atoms with Crippen LogP contribution in [0.15, 0.2) is 102 Å². The van der Waals surface area contributed by atoms with Crippen LogP contribution in [0.2, 0.25) is 0 Å². The number of aryl methyl sites for hydroxylation is 1. The first-order chi connectivity index (χ1) is 27.3. The lowest BCUT2D eigenvalue weighted by molar-refractivity contribution is 0.167. The number of anilines is 2. The third-order valence-electron chi connectivity index (χ3n) is 8.69. The van der Waals surface area contributed by atoms with E-state index in [1.54, 1.807) is 12.4 Å². The number of amides is 4. The molecule has 0 bridgehead atoms. The van der Waals surface area contributed by atoms with Crippen molar-refractivity contribution >= 4 is 47.6 Å².